The molecule has 0 aromatic heterocycles. The number of hydrogen-bond acceptors (Lipinski definition) is 2. The Morgan fingerprint density at radius 1 is 1.46 bits per heavy atom. The van der Waals surface area contributed by atoms with E-state index in [0.29, 0.717) is 0 Å². The third-order valence-corrected chi connectivity index (χ3v) is 2.20. The van der Waals surface area contributed by atoms with Gasteiger partial charge in [0.25, 0.3) is 0 Å². The van der Waals surface area contributed by atoms with E-state index in [9.17, 15) is 5.11 Å². The molecular weight excluding hydrogens is 162 g/mol. The van der Waals surface area contributed by atoms with Crippen LogP contribution < -0.4 is 5.73 Å². The molecule has 0 aliphatic rings. The van der Waals surface area contributed by atoms with E-state index in [1.807, 2.05) is 25.1 Å². The molecule has 0 amide bonds. The molecule has 0 fully saturated rings. The Morgan fingerprint density at radius 2 is 2.15 bits per heavy atom. The second-order valence-corrected chi connectivity index (χ2v) is 3.40. The third kappa shape index (κ3) is 2.54. The topological polar surface area (TPSA) is 46.2 Å². The van der Waals surface area contributed by atoms with Crippen LogP contribution in [0.15, 0.2) is 24.3 Å². The second-order valence-electron chi connectivity index (χ2n) is 3.40. The number of nitrogens with two attached hydrogens (primary N) is 1. The highest BCUT2D eigenvalue weighted by molar-refractivity contribution is 5.25. The molecule has 0 aliphatic carbocycles. The second kappa shape index (κ2) is 4.40. The van der Waals surface area contributed by atoms with Crippen LogP contribution in [-0.2, 0) is 6.42 Å². The van der Waals surface area contributed by atoms with Gasteiger partial charge in [0.2, 0.25) is 0 Å². The zero-order valence-corrected chi connectivity index (χ0v) is 8.20. The lowest BCUT2D eigenvalue weighted by Gasteiger charge is -2.15. The Kier molecular flexibility index (Phi) is 3.46. The predicted molar refractivity (Wildman–Crippen MR) is 54.4 cm³/mol. The van der Waals surface area contributed by atoms with Crippen molar-refractivity contribution < 1.29 is 5.11 Å². The lowest BCUT2D eigenvalue weighted by atomic mass is 10.0. The average molecular weight is 179 g/mol. The summed E-state index contributed by atoms with van der Waals surface area (Å²) in [7, 11) is 0. The van der Waals surface area contributed by atoms with Crippen molar-refractivity contribution in [3.05, 3.63) is 35.4 Å². The van der Waals surface area contributed by atoms with Gasteiger partial charge in [-0.2, -0.15) is 0 Å². The van der Waals surface area contributed by atoms with Gasteiger partial charge >= 0.3 is 0 Å². The summed E-state index contributed by atoms with van der Waals surface area (Å²) in [5.41, 5.74) is 7.75. The first kappa shape index (κ1) is 10.2. The summed E-state index contributed by atoms with van der Waals surface area (Å²) < 4.78 is 0. The van der Waals surface area contributed by atoms with Crippen molar-refractivity contribution in [1.29, 1.82) is 0 Å². The Labute approximate surface area is 79.4 Å². The van der Waals surface area contributed by atoms with Crippen LogP contribution in [-0.4, -0.2) is 11.1 Å². The van der Waals surface area contributed by atoms with Crippen molar-refractivity contribution in [3.8, 4) is 0 Å². The van der Waals surface area contributed by atoms with Gasteiger partial charge in [-0.25, -0.2) is 0 Å². The zero-order valence-electron chi connectivity index (χ0n) is 8.20. The van der Waals surface area contributed by atoms with E-state index in [-0.39, 0.29) is 6.04 Å². The molecule has 1 aromatic rings. The molecule has 1 aromatic carbocycles. The van der Waals surface area contributed by atoms with Crippen molar-refractivity contribution in [1.82, 2.24) is 0 Å². The van der Waals surface area contributed by atoms with Crippen LogP contribution in [0.2, 0.25) is 0 Å². The highest BCUT2D eigenvalue weighted by Crippen LogP contribution is 2.16. The molecule has 0 heterocycles. The van der Waals surface area contributed by atoms with Crippen molar-refractivity contribution in [3.63, 3.8) is 0 Å². The maximum absolute atomic E-state index is 9.69. The Balaban J connectivity index is 2.88. The van der Waals surface area contributed by atoms with Crippen LogP contribution in [0.25, 0.3) is 0 Å². The summed E-state index contributed by atoms with van der Waals surface area (Å²) in [6.07, 6.45) is 0.436. The Hall–Kier alpha value is -0.860. The maximum atomic E-state index is 9.69. The van der Waals surface area contributed by atoms with Crippen LogP contribution in [0.5, 0.6) is 0 Å². The average Bonchev–Trinajstić information content (AvgIpc) is 2.16. The van der Waals surface area contributed by atoms with Gasteiger partial charge < -0.3 is 10.8 Å². The summed E-state index contributed by atoms with van der Waals surface area (Å²) in [5, 5.41) is 9.69. The van der Waals surface area contributed by atoms with E-state index in [1.165, 1.54) is 5.56 Å². The Bertz CT molecular complexity index is 271. The molecule has 0 bridgehead atoms. The first-order valence-electron chi connectivity index (χ1n) is 4.67. The molecule has 0 spiro atoms. The van der Waals surface area contributed by atoms with E-state index in [4.69, 9.17) is 5.73 Å². The van der Waals surface area contributed by atoms with Crippen molar-refractivity contribution >= 4 is 0 Å². The van der Waals surface area contributed by atoms with Crippen molar-refractivity contribution in [2.45, 2.75) is 32.4 Å². The number of hydrogen-bond donors (Lipinski definition) is 2. The predicted octanol–water partition coefficient (Wildman–Crippen LogP) is 1.63. The minimum atomic E-state index is -0.550. The molecule has 0 radical (unpaired) electrons. The fourth-order valence-electron chi connectivity index (χ4n) is 1.30. The van der Waals surface area contributed by atoms with Crippen LogP contribution >= 0.6 is 0 Å². The van der Waals surface area contributed by atoms with E-state index < -0.39 is 6.10 Å². The van der Waals surface area contributed by atoms with E-state index in [0.717, 1.165) is 12.0 Å². The Morgan fingerprint density at radius 3 is 2.69 bits per heavy atom. The quantitative estimate of drug-likeness (QED) is 0.740. The number of aliphatic hydroxyl groups is 1. The summed E-state index contributed by atoms with van der Waals surface area (Å²) in [4.78, 5) is 0. The van der Waals surface area contributed by atoms with Gasteiger partial charge in [0.1, 0.15) is 0 Å². The van der Waals surface area contributed by atoms with Gasteiger partial charge in [-0.1, -0.05) is 31.2 Å². The van der Waals surface area contributed by atoms with Gasteiger partial charge in [-0.15, -0.1) is 0 Å². The smallest absolute Gasteiger partial charge is 0.0938 e. The molecule has 13 heavy (non-hydrogen) atoms. The molecule has 1 rings (SSSR count). The molecule has 0 saturated carbocycles. The minimum Gasteiger partial charge on any atom is -0.387 e. The molecule has 3 N–H and O–H groups in total. The monoisotopic (exact) mass is 179 g/mol. The van der Waals surface area contributed by atoms with Crippen molar-refractivity contribution in [2.24, 2.45) is 5.73 Å². The third-order valence-electron chi connectivity index (χ3n) is 2.20. The maximum Gasteiger partial charge on any atom is 0.0938 e. The summed E-state index contributed by atoms with van der Waals surface area (Å²) in [6, 6.07) is 7.71. The zero-order chi connectivity index (χ0) is 9.84. The number of rotatable bonds is 3. The lowest BCUT2D eigenvalue weighted by Crippen LogP contribution is -2.24. The highest BCUT2D eigenvalue weighted by atomic mass is 16.3. The van der Waals surface area contributed by atoms with Gasteiger partial charge in [-0.05, 0) is 24.5 Å². The van der Waals surface area contributed by atoms with E-state index in [1.54, 1.807) is 0 Å². The first-order valence-corrected chi connectivity index (χ1v) is 4.67. The largest absolute Gasteiger partial charge is 0.387 e. The van der Waals surface area contributed by atoms with Crippen LogP contribution in [0.3, 0.4) is 0 Å². The molecule has 2 unspecified atom stereocenters. The van der Waals surface area contributed by atoms with Crippen molar-refractivity contribution in [2.75, 3.05) is 0 Å². The van der Waals surface area contributed by atoms with Crippen LogP contribution in [0, 0.1) is 0 Å². The molecule has 0 aliphatic heterocycles. The molecule has 2 atom stereocenters. The standard InChI is InChI=1S/C11H17NO/c1-3-9-5-4-6-10(7-9)11(13)8(2)12/h4-8,11,13H,3,12H2,1-2H3. The molecule has 2 heteroatoms. The van der Waals surface area contributed by atoms with E-state index >= 15 is 0 Å². The normalized spacial score (nSPS) is 15.4. The molecule has 72 valence electrons. The van der Waals surface area contributed by atoms with Gasteiger partial charge in [0.05, 0.1) is 6.10 Å². The van der Waals surface area contributed by atoms with Gasteiger partial charge in [0.15, 0.2) is 0 Å². The number of aliphatic hydroxyl groups excluding tert-OH is 1. The van der Waals surface area contributed by atoms with E-state index in [2.05, 4.69) is 13.0 Å². The highest BCUT2D eigenvalue weighted by Gasteiger charge is 2.11. The summed E-state index contributed by atoms with van der Waals surface area (Å²) in [6.45, 7) is 3.90. The SMILES string of the molecule is CCc1cccc(C(O)C(C)N)c1. The van der Waals surface area contributed by atoms with Gasteiger partial charge in [0, 0.05) is 6.04 Å². The lowest BCUT2D eigenvalue weighted by molar-refractivity contribution is 0.153. The van der Waals surface area contributed by atoms with Crippen LogP contribution in [0.4, 0.5) is 0 Å². The van der Waals surface area contributed by atoms with Gasteiger partial charge in [-0.3, -0.25) is 0 Å². The molecular formula is C11H17NO. The molecule has 2 nitrogen and oxygen atoms in total. The molecule has 0 saturated heterocycles. The fourth-order valence-corrected chi connectivity index (χ4v) is 1.30. The minimum absolute atomic E-state index is 0.216. The fraction of sp³-hybridized carbons (Fsp3) is 0.455. The summed E-state index contributed by atoms with van der Waals surface area (Å²) >= 11 is 0. The van der Waals surface area contributed by atoms with Crippen LogP contribution in [0.1, 0.15) is 31.1 Å². The number of benzene rings is 1. The summed E-state index contributed by atoms with van der Waals surface area (Å²) in [5.74, 6) is 0. The first-order chi connectivity index (χ1) is 6.15. The number of aryl methyl sites for hydroxylation is 1.